The first-order valence-corrected chi connectivity index (χ1v) is 11.4. The Kier molecular flexibility index (Phi) is 6.59. The summed E-state index contributed by atoms with van der Waals surface area (Å²) < 4.78 is 6.01. The number of rotatable bonds is 9. The molecular weight excluding hydrogens is 432 g/mol. The number of carboxylic acid groups (broad SMARTS) is 1. The first-order chi connectivity index (χ1) is 15.0. The predicted octanol–water partition coefficient (Wildman–Crippen LogP) is 6.15. The Morgan fingerprint density at radius 2 is 2.06 bits per heavy atom. The summed E-state index contributed by atoms with van der Waals surface area (Å²) >= 11 is 8.03. The molecule has 0 bridgehead atoms. The maximum absolute atomic E-state index is 10.9. The van der Waals surface area contributed by atoms with Gasteiger partial charge in [-0.2, -0.15) is 0 Å². The maximum atomic E-state index is 10.9. The van der Waals surface area contributed by atoms with Crippen LogP contribution < -0.4 is 4.74 Å². The minimum Gasteiger partial charge on any atom is -0.493 e. The molecule has 0 amide bonds. The minimum absolute atomic E-state index is 0.107. The Hall–Kier alpha value is -2.83. The number of aromatic amines is 1. The van der Waals surface area contributed by atoms with Crippen LogP contribution in [0.3, 0.4) is 0 Å². The quantitative estimate of drug-likeness (QED) is 0.318. The van der Waals surface area contributed by atoms with E-state index in [9.17, 15) is 4.79 Å². The number of hydrogen-bond acceptors (Lipinski definition) is 4. The zero-order chi connectivity index (χ0) is 21.8. The van der Waals surface area contributed by atoms with E-state index in [2.05, 4.69) is 11.9 Å². The van der Waals surface area contributed by atoms with Crippen molar-refractivity contribution in [2.45, 2.75) is 32.6 Å². The van der Waals surface area contributed by atoms with Gasteiger partial charge < -0.3 is 14.8 Å². The summed E-state index contributed by atoms with van der Waals surface area (Å²) in [5.74, 6) is -0.0313. The largest absolute Gasteiger partial charge is 0.493 e. The van der Waals surface area contributed by atoms with Crippen LogP contribution in [0.2, 0.25) is 5.02 Å². The van der Waals surface area contributed by atoms with Gasteiger partial charge in [-0.3, -0.25) is 4.79 Å². The molecule has 0 saturated carbocycles. The summed E-state index contributed by atoms with van der Waals surface area (Å²) in [4.78, 5) is 20.2. The van der Waals surface area contributed by atoms with Crippen LogP contribution in [0.15, 0.2) is 48.7 Å². The van der Waals surface area contributed by atoms with Gasteiger partial charge in [-0.1, -0.05) is 36.7 Å². The molecule has 4 rings (SSSR count). The van der Waals surface area contributed by atoms with E-state index in [1.54, 1.807) is 11.3 Å². The van der Waals surface area contributed by atoms with Crippen molar-refractivity contribution >= 4 is 39.8 Å². The summed E-state index contributed by atoms with van der Waals surface area (Å²) in [6, 6.07) is 13.6. The van der Waals surface area contributed by atoms with Crippen molar-refractivity contribution in [3.63, 3.8) is 0 Å². The molecule has 0 radical (unpaired) electrons. The van der Waals surface area contributed by atoms with Gasteiger partial charge >= 0.3 is 5.97 Å². The lowest BCUT2D eigenvalue weighted by Gasteiger charge is -2.07. The summed E-state index contributed by atoms with van der Waals surface area (Å²) in [6.45, 7) is 2.64. The molecule has 31 heavy (non-hydrogen) atoms. The average Bonchev–Trinajstić information content (AvgIpc) is 3.36. The molecule has 0 aliphatic rings. The van der Waals surface area contributed by atoms with Crippen molar-refractivity contribution in [3.8, 4) is 16.3 Å². The highest BCUT2D eigenvalue weighted by molar-refractivity contribution is 7.15. The second-order valence-electron chi connectivity index (χ2n) is 7.24. The number of carbonyl (C=O) groups is 1. The minimum atomic E-state index is -0.798. The number of carboxylic acids is 1. The van der Waals surface area contributed by atoms with Crippen molar-refractivity contribution in [2.24, 2.45) is 0 Å². The van der Waals surface area contributed by atoms with Gasteiger partial charge in [0.05, 0.1) is 17.3 Å². The van der Waals surface area contributed by atoms with Crippen LogP contribution in [0.4, 0.5) is 0 Å². The Balaban J connectivity index is 1.45. The fraction of sp³-hybridized carbons (Fsp3) is 0.250. The number of benzene rings is 2. The van der Waals surface area contributed by atoms with E-state index in [1.165, 1.54) is 4.88 Å². The van der Waals surface area contributed by atoms with E-state index in [0.29, 0.717) is 24.5 Å². The number of fused-ring (bicyclic) bond motifs is 1. The SMILES string of the molecule is CCc1sc(-c2ccccc2Cl)nc1CCOc1ccc2[nH]cc(CCC(=O)O)c2c1. The molecule has 0 spiro atoms. The lowest BCUT2D eigenvalue weighted by molar-refractivity contribution is -0.136. The van der Waals surface area contributed by atoms with E-state index in [4.69, 9.17) is 26.4 Å². The molecule has 0 fully saturated rings. The van der Waals surface area contributed by atoms with E-state index < -0.39 is 5.97 Å². The monoisotopic (exact) mass is 454 g/mol. The number of aliphatic carboxylic acids is 1. The molecule has 7 heteroatoms. The fourth-order valence-electron chi connectivity index (χ4n) is 3.57. The third-order valence-electron chi connectivity index (χ3n) is 5.16. The number of nitrogens with one attached hydrogen (secondary N) is 1. The summed E-state index contributed by atoms with van der Waals surface area (Å²) in [6.07, 6.45) is 4.09. The van der Waals surface area contributed by atoms with Gasteiger partial charge in [-0.15, -0.1) is 11.3 Å². The van der Waals surface area contributed by atoms with Crippen LogP contribution in [0.25, 0.3) is 21.5 Å². The number of aryl methyl sites for hydroxylation is 2. The molecule has 0 atom stereocenters. The average molecular weight is 455 g/mol. The Labute approximate surface area is 189 Å². The van der Waals surface area contributed by atoms with Crippen LogP contribution in [0.5, 0.6) is 5.75 Å². The Bertz CT molecular complexity index is 1210. The molecule has 0 unspecified atom stereocenters. The van der Waals surface area contributed by atoms with E-state index in [1.807, 2.05) is 48.7 Å². The molecule has 5 nitrogen and oxygen atoms in total. The highest BCUT2D eigenvalue weighted by Crippen LogP contribution is 2.33. The zero-order valence-electron chi connectivity index (χ0n) is 17.2. The Morgan fingerprint density at radius 1 is 1.23 bits per heavy atom. The Morgan fingerprint density at radius 3 is 2.84 bits per heavy atom. The van der Waals surface area contributed by atoms with Gasteiger partial charge in [0.1, 0.15) is 10.8 Å². The second-order valence-corrected chi connectivity index (χ2v) is 8.73. The second kappa shape index (κ2) is 9.54. The zero-order valence-corrected chi connectivity index (χ0v) is 18.7. The van der Waals surface area contributed by atoms with Crippen LogP contribution in [-0.2, 0) is 24.1 Å². The maximum Gasteiger partial charge on any atom is 0.303 e. The topological polar surface area (TPSA) is 75.2 Å². The number of ether oxygens (including phenoxy) is 1. The molecule has 4 aromatic rings. The molecule has 0 saturated heterocycles. The molecule has 2 aromatic heterocycles. The summed E-state index contributed by atoms with van der Waals surface area (Å²) in [5, 5.41) is 11.6. The fourth-order valence-corrected chi connectivity index (χ4v) is 4.93. The van der Waals surface area contributed by atoms with Crippen molar-refractivity contribution in [2.75, 3.05) is 6.61 Å². The smallest absolute Gasteiger partial charge is 0.303 e. The predicted molar refractivity (Wildman–Crippen MR) is 125 cm³/mol. The van der Waals surface area contributed by atoms with Gasteiger partial charge in [0.2, 0.25) is 0 Å². The molecular formula is C24H23ClN2O3S. The molecule has 2 heterocycles. The normalized spacial score (nSPS) is 11.2. The highest BCUT2D eigenvalue weighted by Gasteiger charge is 2.14. The lowest BCUT2D eigenvalue weighted by Crippen LogP contribution is -2.03. The van der Waals surface area contributed by atoms with E-state index in [-0.39, 0.29) is 6.42 Å². The van der Waals surface area contributed by atoms with Crippen LogP contribution in [-0.4, -0.2) is 27.7 Å². The van der Waals surface area contributed by atoms with E-state index >= 15 is 0 Å². The number of aromatic nitrogens is 2. The van der Waals surface area contributed by atoms with Crippen LogP contribution in [0.1, 0.15) is 29.5 Å². The standard InChI is InChI=1S/C24H23ClN2O3S/c1-2-22-21(27-24(31-22)17-5-3-4-6-19(17)25)11-12-30-16-8-9-20-18(13-16)15(14-26-20)7-10-23(28)29/h3-6,8-9,13-14,26H,2,7,10-12H2,1H3,(H,28,29). The van der Waals surface area contributed by atoms with Gasteiger partial charge in [0, 0.05) is 40.4 Å². The van der Waals surface area contributed by atoms with Crippen LogP contribution in [0, 0.1) is 0 Å². The summed E-state index contributed by atoms with van der Waals surface area (Å²) in [5.41, 5.74) is 3.97. The van der Waals surface area contributed by atoms with Gasteiger partial charge in [-0.05, 0) is 42.7 Å². The molecule has 2 aromatic carbocycles. The summed E-state index contributed by atoms with van der Waals surface area (Å²) in [7, 11) is 0. The van der Waals surface area contributed by atoms with Gasteiger partial charge in [-0.25, -0.2) is 4.98 Å². The number of nitrogens with zero attached hydrogens (tertiary/aromatic N) is 1. The van der Waals surface area contributed by atoms with Crippen molar-refractivity contribution < 1.29 is 14.6 Å². The lowest BCUT2D eigenvalue weighted by atomic mass is 10.1. The van der Waals surface area contributed by atoms with Crippen molar-refractivity contribution in [1.82, 2.24) is 9.97 Å². The van der Waals surface area contributed by atoms with E-state index in [0.717, 1.165) is 44.9 Å². The molecule has 2 N–H and O–H groups in total. The van der Waals surface area contributed by atoms with Crippen molar-refractivity contribution in [1.29, 1.82) is 0 Å². The number of hydrogen-bond donors (Lipinski definition) is 2. The first-order valence-electron chi connectivity index (χ1n) is 10.2. The molecule has 160 valence electrons. The third kappa shape index (κ3) is 4.92. The number of H-pyrrole nitrogens is 1. The van der Waals surface area contributed by atoms with Gasteiger partial charge in [0.25, 0.3) is 0 Å². The van der Waals surface area contributed by atoms with Gasteiger partial charge in [0.15, 0.2) is 0 Å². The third-order valence-corrected chi connectivity index (χ3v) is 6.76. The van der Waals surface area contributed by atoms with Crippen LogP contribution >= 0.6 is 22.9 Å². The highest BCUT2D eigenvalue weighted by atomic mass is 35.5. The first kappa shape index (κ1) is 21.4. The molecule has 0 aliphatic carbocycles. The molecule has 0 aliphatic heterocycles. The van der Waals surface area contributed by atoms with Crippen molar-refractivity contribution in [3.05, 3.63) is 69.8 Å². The number of halogens is 1. The number of thiazole rings is 1.